The largest absolute Gasteiger partial charge is 0.482 e. The van der Waals surface area contributed by atoms with Crippen molar-refractivity contribution in [2.75, 3.05) is 5.32 Å². The van der Waals surface area contributed by atoms with Gasteiger partial charge in [-0.05, 0) is 29.8 Å². The molecule has 2 heterocycles. The van der Waals surface area contributed by atoms with Crippen LogP contribution in [0.4, 0.5) is 5.69 Å². The molecule has 0 saturated heterocycles. The summed E-state index contributed by atoms with van der Waals surface area (Å²) in [5, 5.41) is 3.20. The third-order valence-electron chi connectivity index (χ3n) is 3.25. The molecule has 0 unspecified atom stereocenters. The van der Waals surface area contributed by atoms with E-state index in [-0.39, 0.29) is 18.1 Å². The second-order valence-electron chi connectivity index (χ2n) is 5.08. The van der Waals surface area contributed by atoms with Crippen LogP contribution in [0.15, 0.2) is 70.3 Å². The molecule has 0 aliphatic rings. The molecule has 126 valence electrons. The third kappa shape index (κ3) is 4.45. The molecule has 0 atom stereocenters. The number of carbonyl (C=O) groups excluding carboxylic acids is 1. The van der Waals surface area contributed by atoms with Crippen LogP contribution in [0.1, 0.15) is 16.1 Å². The molecule has 3 aromatic rings. The number of carbonyl (C=O) groups is 1. The summed E-state index contributed by atoms with van der Waals surface area (Å²) < 4.78 is 10.6. The van der Waals surface area contributed by atoms with E-state index < -0.39 is 11.3 Å². The molecule has 3 rings (SSSR count). The number of rotatable bonds is 5. The lowest BCUT2D eigenvalue weighted by atomic mass is 10.2. The van der Waals surface area contributed by atoms with Crippen molar-refractivity contribution in [1.29, 1.82) is 0 Å². The summed E-state index contributed by atoms with van der Waals surface area (Å²) in [5.41, 5.74) is 0.900. The Morgan fingerprint density at radius 3 is 2.72 bits per heavy atom. The van der Waals surface area contributed by atoms with Crippen molar-refractivity contribution in [3.05, 3.63) is 87.7 Å². The molecule has 25 heavy (non-hydrogen) atoms. The van der Waals surface area contributed by atoms with Crippen LogP contribution in [-0.4, -0.2) is 10.9 Å². The molecule has 0 aliphatic heterocycles. The maximum atomic E-state index is 12.1. The highest BCUT2D eigenvalue weighted by Gasteiger charge is 2.12. The van der Waals surface area contributed by atoms with Gasteiger partial charge in [-0.15, -0.1) is 0 Å². The molecule has 0 radical (unpaired) electrons. The van der Waals surface area contributed by atoms with Crippen molar-refractivity contribution in [3.8, 4) is 5.75 Å². The fourth-order valence-corrected chi connectivity index (χ4v) is 2.12. The Morgan fingerprint density at radius 2 is 2.04 bits per heavy atom. The Hall–Kier alpha value is -3.12. The first kappa shape index (κ1) is 16.7. The first-order valence-corrected chi connectivity index (χ1v) is 7.71. The number of ether oxygens (including phenoxy) is 1. The van der Waals surface area contributed by atoms with Gasteiger partial charge < -0.3 is 14.5 Å². The molecule has 0 saturated carbocycles. The van der Waals surface area contributed by atoms with Gasteiger partial charge in [0.15, 0.2) is 5.76 Å². The number of pyridine rings is 1. The zero-order valence-electron chi connectivity index (χ0n) is 12.9. The van der Waals surface area contributed by atoms with Crippen molar-refractivity contribution in [2.24, 2.45) is 0 Å². The fraction of sp³-hybridized carbons (Fsp3) is 0.0556. The number of hydrogen-bond acceptors (Lipinski definition) is 5. The average Bonchev–Trinajstić information content (AvgIpc) is 2.63. The number of nitrogens with one attached hydrogen (secondary N) is 1. The monoisotopic (exact) mass is 356 g/mol. The van der Waals surface area contributed by atoms with Crippen molar-refractivity contribution in [2.45, 2.75) is 6.61 Å². The number of anilines is 1. The van der Waals surface area contributed by atoms with Crippen LogP contribution >= 0.6 is 11.6 Å². The van der Waals surface area contributed by atoms with Crippen LogP contribution in [0.3, 0.4) is 0 Å². The van der Waals surface area contributed by atoms with E-state index in [0.717, 1.165) is 17.9 Å². The van der Waals surface area contributed by atoms with Gasteiger partial charge in [-0.3, -0.25) is 14.6 Å². The van der Waals surface area contributed by atoms with Crippen LogP contribution < -0.4 is 15.5 Å². The van der Waals surface area contributed by atoms with Crippen molar-refractivity contribution in [1.82, 2.24) is 4.98 Å². The maximum Gasteiger partial charge on any atom is 0.291 e. The van der Waals surface area contributed by atoms with Gasteiger partial charge in [0.2, 0.25) is 11.2 Å². The van der Waals surface area contributed by atoms with E-state index in [0.29, 0.717) is 10.7 Å². The van der Waals surface area contributed by atoms with Gasteiger partial charge in [0.1, 0.15) is 12.9 Å². The van der Waals surface area contributed by atoms with Gasteiger partial charge in [0.05, 0.1) is 11.9 Å². The van der Waals surface area contributed by atoms with Crippen molar-refractivity contribution >= 4 is 23.2 Å². The minimum Gasteiger partial charge on any atom is -0.482 e. The highest BCUT2D eigenvalue weighted by molar-refractivity contribution is 6.30. The Morgan fingerprint density at radius 1 is 1.24 bits per heavy atom. The zero-order valence-corrected chi connectivity index (χ0v) is 13.7. The quantitative estimate of drug-likeness (QED) is 0.756. The average molecular weight is 357 g/mol. The Balaban J connectivity index is 1.67. The van der Waals surface area contributed by atoms with Gasteiger partial charge >= 0.3 is 0 Å². The number of amides is 1. The number of halogens is 1. The first-order valence-electron chi connectivity index (χ1n) is 7.33. The Kier molecular flexibility index (Phi) is 5.11. The predicted molar refractivity (Wildman–Crippen MR) is 93.0 cm³/mol. The van der Waals surface area contributed by atoms with E-state index in [1.165, 1.54) is 6.20 Å². The minimum atomic E-state index is -0.547. The molecule has 0 spiro atoms. The summed E-state index contributed by atoms with van der Waals surface area (Å²) in [7, 11) is 0. The minimum absolute atomic E-state index is 0.0212. The lowest BCUT2D eigenvalue weighted by Gasteiger charge is -2.07. The van der Waals surface area contributed by atoms with Crippen molar-refractivity contribution < 1.29 is 13.9 Å². The van der Waals surface area contributed by atoms with Gasteiger partial charge in [-0.25, -0.2) is 0 Å². The van der Waals surface area contributed by atoms with Crippen LogP contribution in [-0.2, 0) is 6.61 Å². The highest BCUT2D eigenvalue weighted by Crippen LogP contribution is 2.13. The van der Waals surface area contributed by atoms with E-state index in [1.807, 2.05) is 0 Å². The normalized spacial score (nSPS) is 10.3. The van der Waals surface area contributed by atoms with E-state index in [4.69, 9.17) is 20.8 Å². The van der Waals surface area contributed by atoms with E-state index in [9.17, 15) is 9.59 Å². The second kappa shape index (κ2) is 7.63. The number of nitrogens with zero attached hydrogens (tertiary/aromatic N) is 1. The lowest BCUT2D eigenvalue weighted by molar-refractivity contribution is 0.0993. The Labute approximate surface area is 148 Å². The number of benzene rings is 1. The predicted octanol–water partition coefficient (Wildman–Crippen LogP) is 3.52. The lowest BCUT2D eigenvalue weighted by Crippen LogP contribution is -2.15. The van der Waals surface area contributed by atoms with E-state index in [1.54, 1.807) is 42.6 Å². The highest BCUT2D eigenvalue weighted by atomic mass is 35.5. The Bertz CT molecular complexity index is 924. The molecule has 1 amide bonds. The molecule has 0 bridgehead atoms. The molecule has 1 N–H and O–H groups in total. The van der Waals surface area contributed by atoms with Crippen LogP contribution in [0.25, 0.3) is 0 Å². The first-order chi connectivity index (χ1) is 12.1. The zero-order chi connectivity index (χ0) is 17.6. The molecule has 7 heteroatoms. The topological polar surface area (TPSA) is 81.4 Å². The summed E-state index contributed by atoms with van der Waals surface area (Å²) in [6, 6.07) is 11.5. The summed E-state index contributed by atoms with van der Waals surface area (Å²) >= 11 is 5.81. The summed E-state index contributed by atoms with van der Waals surface area (Å²) in [4.78, 5) is 28.0. The maximum absolute atomic E-state index is 12.1. The third-order valence-corrected chi connectivity index (χ3v) is 3.50. The SMILES string of the molecule is O=C(Nc1cccnc1)c1cc(=O)c(OCc2ccc(Cl)cc2)co1. The summed E-state index contributed by atoms with van der Waals surface area (Å²) in [6.45, 7) is 0.184. The van der Waals surface area contributed by atoms with Gasteiger partial charge in [0, 0.05) is 17.3 Å². The second-order valence-corrected chi connectivity index (χ2v) is 5.52. The standard InChI is InChI=1S/C18H13ClN2O4/c19-13-5-3-12(4-6-13)10-24-17-11-25-16(8-15(17)22)18(23)21-14-2-1-7-20-9-14/h1-9,11H,10H2,(H,21,23). The van der Waals surface area contributed by atoms with Gasteiger partial charge in [-0.2, -0.15) is 0 Å². The molecule has 0 aliphatic carbocycles. The van der Waals surface area contributed by atoms with Crippen LogP contribution in [0, 0.1) is 0 Å². The molecule has 6 nitrogen and oxygen atoms in total. The fourth-order valence-electron chi connectivity index (χ4n) is 1.99. The summed E-state index contributed by atoms with van der Waals surface area (Å²) in [5.74, 6) is -0.644. The smallest absolute Gasteiger partial charge is 0.291 e. The number of aromatic nitrogens is 1. The van der Waals surface area contributed by atoms with Crippen LogP contribution in [0.2, 0.25) is 5.02 Å². The van der Waals surface area contributed by atoms with Crippen molar-refractivity contribution in [3.63, 3.8) is 0 Å². The molecule has 1 aromatic carbocycles. The molecular weight excluding hydrogens is 344 g/mol. The molecular formula is C18H13ClN2O4. The number of hydrogen-bond donors (Lipinski definition) is 1. The van der Waals surface area contributed by atoms with Gasteiger partial charge in [-0.1, -0.05) is 23.7 Å². The molecule has 0 fully saturated rings. The molecule has 2 aromatic heterocycles. The van der Waals surface area contributed by atoms with E-state index >= 15 is 0 Å². The van der Waals surface area contributed by atoms with E-state index in [2.05, 4.69) is 10.3 Å². The van der Waals surface area contributed by atoms with Gasteiger partial charge in [0.25, 0.3) is 5.91 Å². The summed E-state index contributed by atoms with van der Waals surface area (Å²) in [6.07, 6.45) is 4.19. The van der Waals surface area contributed by atoms with Crippen LogP contribution in [0.5, 0.6) is 5.75 Å².